The van der Waals surface area contributed by atoms with Crippen LogP contribution < -0.4 is 0 Å². The van der Waals surface area contributed by atoms with Gasteiger partial charge < -0.3 is 0 Å². The Kier molecular flexibility index (Phi) is 5.35. The molecular weight excluding hydrogens is 183 g/mol. The molecule has 2 heteroatoms. The monoisotopic (exact) mass is 208 g/mol. The minimum absolute atomic E-state index is 0.218. The summed E-state index contributed by atoms with van der Waals surface area (Å²) in [5.41, 5.74) is -0.590. The first-order valence-electron chi connectivity index (χ1n) is 5.20. The van der Waals surface area contributed by atoms with Gasteiger partial charge in [0.2, 0.25) is 0 Å². The highest BCUT2D eigenvalue weighted by atomic mass is 32.3. The molecule has 0 aromatic rings. The summed E-state index contributed by atoms with van der Waals surface area (Å²) in [6.45, 7) is 8.46. The Morgan fingerprint density at radius 3 is 1.92 bits per heavy atom. The number of rotatable bonds is 5. The molecule has 0 saturated carbocycles. The lowest BCUT2D eigenvalue weighted by atomic mass is 9.95. The molecule has 82 valence electrons. The number of hydrogen-bond acceptors (Lipinski definition) is 0. The zero-order valence-electron chi connectivity index (χ0n) is 9.93. The van der Waals surface area contributed by atoms with Crippen molar-refractivity contribution in [3.63, 3.8) is 0 Å². The van der Waals surface area contributed by atoms with Crippen molar-refractivity contribution in [3.8, 4) is 0 Å². The molecule has 0 amide bonds. The smallest absolute Gasteiger partial charge is 0.133 e. The Morgan fingerprint density at radius 2 is 1.62 bits per heavy atom. The number of halogens is 1. The Morgan fingerprint density at radius 1 is 1.15 bits per heavy atom. The Labute approximate surface area is 84.6 Å². The standard InChI is InChI=1S/C11H25FS/c1-7-9(3)10(4)11(12)13(5,6)8-2/h9-11H,7-8H2,1-6H3. The van der Waals surface area contributed by atoms with Crippen molar-refractivity contribution in [1.82, 2.24) is 0 Å². The summed E-state index contributed by atoms with van der Waals surface area (Å²) in [6, 6.07) is 0. The quantitative estimate of drug-likeness (QED) is 0.639. The molecule has 0 radical (unpaired) electrons. The predicted octanol–water partition coefficient (Wildman–Crippen LogP) is 4.05. The van der Waals surface area contributed by atoms with Crippen LogP contribution in [0.4, 0.5) is 4.39 Å². The van der Waals surface area contributed by atoms with Gasteiger partial charge in [0.05, 0.1) is 0 Å². The predicted molar refractivity (Wildman–Crippen MR) is 63.5 cm³/mol. The van der Waals surface area contributed by atoms with E-state index in [4.69, 9.17) is 0 Å². The van der Waals surface area contributed by atoms with Crippen molar-refractivity contribution in [1.29, 1.82) is 0 Å². The average Bonchev–Trinajstić information content (AvgIpc) is 2.14. The highest BCUT2D eigenvalue weighted by molar-refractivity contribution is 8.33. The third kappa shape index (κ3) is 3.49. The second-order valence-electron chi connectivity index (χ2n) is 4.51. The van der Waals surface area contributed by atoms with E-state index in [-0.39, 0.29) is 5.92 Å². The van der Waals surface area contributed by atoms with E-state index in [0.29, 0.717) is 5.92 Å². The normalized spacial score (nSPS) is 20.8. The van der Waals surface area contributed by atoms with Gasteiger partial charge in [-0.2, -0.15) is 0 Å². The van der Waals surface area contributed by atoms with Crippen LogP contribution in [0.5, 0.6) is 0 Å². The van der Waals surface area contributed by atoms with Crippen LogP contribution >= 0.6 is 10.0 Å². The van der Waals surface area contributed by atoms with Crippen molar-refractivity contribution in [2.24, 2.45) is 11.8 Å². The lowest BCUT2D eigenvalue weighted by Gasteiger charge is -2.38. The van der Waals surface area contributed by atoms with Gasteiger partial charge in [-0.1, -0.05) is 34.1 Å². The van der Waals surface area contributed by atoms with Crippen molar-refractivity contribution in [3.05, 3.63) is 0 Å². The van der Waals surface area contributed by atoms with Gasteiger partial charge in [0.1, 0.15) is 5.50 Å². The minimum atomic E-state index is -1.02. The number of alkyl halides is 1. The summed E-state index contributed by atoms with van der Waals surface area (Å²) < 4.78 is 14.0. The topological polar surface area (TPSA) is 0 Å². The summed E-state index contributed by atoms with van der Waals surface area (Å²) in [7, 11) is -1.02. The van der Waals surface area contributed by atoms with Crippen LogP contribution in [0.1, 0.15) is 34.1 Å². The van der Waals surface area contributed by atoms with Gasteiger partial charge >= 0.3 is 0 Å². The number of hydrogen-bond donors (Lipinski definition) is 0. The maximum atomic E-state index is 14.0. The summed E-state index contributed by atoms with van der Waals surface area (Å²) in [5.74, 6) is 1.72. The highest BCUT2D eigenvalue weighted by Crippen LogP contribution is 2.50. The zero-order chi connectivity index (χ0) is 10.6. The van der Waals surface area contributed by atoms with E-state index < -0.39 is 15.5 Å². The van der Waals surface area contributed by atoms with E-state index in [1.54, 1.807) is 0 Å². The molecule has 3 atom stereocenters. The zero-order valence-corrected chi connectivity index (χ0v) is 10.7. The van der Waals surface area contributed by atoms with E-state index in [1.165, 1.54) is 0 Å². The minimum Gasteiger partial charge on any atom is -0.237 e. The molecule has 0 heterocycles. The molecule has 0 bridgehead atoms. The molecule has 0 aliphatic rings. The first kappa shape index (κ1) is 13.3. The van der Waals surface area contributed by atoms with E-state index >= 15 is 0 Å². The summed E-state index contributed by atoms with van der Waals surface area (Å²) in [4.78, 5) is 0. The van der Waals surface area contributed by atoms with Crippen molar-refractivity contribution >= 4 is 10.0 Å². The van der Waals surface area contributed by atoms with Crippen molar-refractivity contribution in [2.75, 3.05) is 18.3 Å². The molecule has 0 aromatic heterocycles. The van der Waals surface area contributed by atoms with E-state index in [2.05, 4.69) is 40.2 Å². The van der Waals surface area contributed by atoms with Crippen LogP contribution in [0.3, 0.4) is 0 Å². The second kappa shape index (κ2) is 5.23. The summed E-state index contributed by atoms with van der Waals surface area (Å²) in [5, 5.41) is 0. The van der Waals surface area contributed by atoms with Gasteiger partial charge in [-0.05, 0) is 30.1 Å². The largest absolute Gasteiger partial charge is 0.237 e. The molecular formula is C11H25FS. The molecule has 0 rings (SSSR count). The molecule has 0 aliphatic heterocycles. The van der Waals surface area contributed by atoms with Crippen LogP contribution in [0.15, 0.2) is 0 Å². The van der Waals surface area contributed by atoms with Crippen LogP contribution in [0.25, 0.3) is 0 Å². The maximum Gasteiger partial charge on any atom is 0.133 e. The first-order chi connectivity index (χ1) is 5.86. The molecule has 0 nitrogen and oxygen atoms in total. The molecule has 0 N–H and O–H groups in total. The first-order valence-corrected chi connectivity index (χ1v) is 7.88. The van der Waals surface area contributed by atoms with Gasteiger partial charge in [0, 0.05) is 0 Å². The third-order valence-corrected chi connectivity index (χ3v) is 6.44. The fraction of sp³-hybridized carbons (Fsp3) is 1.00. The van der Waals surface area contributed by atoms with Crippen LogP contribution in [-0.2, 0) is 0 Å². The van der Waals surface area contributed by atoms with Gasteiger partial charge in [-0.3, -0.25) is 0 Å². The third-order valence-electron chi connectivity index (χ3n) is 3.31. The fourth-order valence-corrected chi connectivity index (χ4v) is 3.12. The van der Waals surface area contributed by atoms with Crippen LogP contribution in [0, 0.1) is 11.8 Å². The molecule has 0 aromatic carbocycles. The maximum absolute atomic E-state index is 14.0. The lowest BCUT2D eigenvalue weighted by molar-refractivity contribution is 0.257. The SMILES string of the molecule is CCC(C)C(C)C(F)S(C)(C)CC. The van der Waals surface area contributed by atoms with E-state index in [9.17, 15) is 4.39 Å². The van der Waals surface area contributed by atoms with Crippen LogP contribution in [0.2, 0.25) is 0 Å². The average molecular weight is 208 g/mol. The second-order valence-corrected chi connectivity index (χ2v) is 8.78. The molecule has 0 saturated heterocycles. The molecule has 13 heavy (non-hydrogen) atoms. The van der Waals surface area contributed by atoms with Gasteiger partial charge in [-0.25, -0.2) is 14.4 Å². The Balaban J connectivity index is 4.32. The fourth-order valence-electron chi connectivity index (χ4n) is 1.37. The van der Waals surface area contributed by atoms with Gasteiger partial charge in [-0.15, -0.1) is 0 Å². The lowest BCUT2D eigenvalue weighted by Crippen LogP contribution is -2.25. The van der Waals surface area contributed by atoms with E-state index in [0.717, 1.165) is 12.2 Å². The molecule has 0 spiro atoms. The van der Waals surface area contributed by atoms with Gasteiger partial charge in [0.15, 0.2) is 0 Å². The molecule has 0 fully saturated rings. The Hall–Kier alpha value is 0.280. The van der Waals surface area contributed by atoms with Gasteiger partial charge in [0.25, 0.3) is 0 Å². The highest BCUT2D eigenvalue weighted by Gasteiger charge is 2.30. The summed E-state index contributed by atoms with van der Waals surface area (Å²) in [6.07, 6.45) is 5.30. The molecule has 3 unspecified atom stereocenters. The Bertz CT molecular complexity index is 145. The van der Waals surface area contributed by atoms with Crippen LogP contribution in [-0.4, -0.2) is 23.8 Å². The van der Waals surface area contributed by atoms with Crippen molar-refractivity contribution < 1.29 is 4.39 Å². The molecule has 0 aliphatic carbocycles. The van der Waals surface area contributed by atoms with Crippen molar-refractivity contribution in [2.45, 2.75) is 39.6 Å². The summed E-state index contributed by atoms with van der Waals surface area (Å²) >= 11 is 0. The van der Waals surface area contributed by atoms with E-state index in [1.807, 2.05) is 0 Å².